The third kappa shape index (κ3) is 6.79. The van der Waals surface area contributed by atoms with Crippen LogP contribution in [0.2, 0.25) is 0 Å². The third-order valence-corrected chi connectivity index (χ3v) is 6.05. The molecule has 0 bridgehead atoms. The predicted octanol–water partition coefficient (Wildman–Crippen LogP) is 4.03. The summed E-state index contributed by atoms with van der Waals surface area (Å²) >= 11 is 0. The summed E-state index contributed by atoms with van der Waals surface area (Å²) in [6.45, 7) is 3.99. The van der Waals surface area contributed by atoms with E-state index in [1.165, 1.54) is 25.3 Å². The largest absolute Gasteiger partial charge is 0.490 e. The van der Waals surface area contributed by atoms with E-state index in [9.17, 15) is 19.7 Å². The van der Waals surface area contributed by atoms with Gasteiger partial charge in [0, 0.05) is 36.6 Å². The maximum absolute atomic E-state index is 13.2. The zero-order valence-electron chi connectivity index (χ0n) is 21.3. The fraction of sp³-hybridized carbons (Fsp3) is 0.370. The van der Waals surface area contributed by atoms with E-state index in [-0.39, 0.29) is 24.5 Å². The molecule has 2 aromatic carbocycles. The van der Waals surface area contributed by atoms with E-state index in [1.807, 2.05) is 24.3 Å². The minimum atomic E-state index is -0.939. The number of nitro groups is 1. The van der Waals surface area contributed by atoms with E-state index in [2.05, 4.69) is 4.99 Å². The second kappa shape index (κ2) is 12.8. The van der Waals surface area contributed by atoms with Gasteiger partial charge in [-0.3, -0.25) is 19.9 Å². The van der Waals surface area contributed by atoms with Crippen molar-refractivity contribution in [2.45, 2.75) is 26.2 Å². The number of ether oxygens (including phenoxy) is 4. The molecule has 1 aliphatic rings. The molecule has 1 aliphatic heterocycles. The van der Waals surface area contributed by atoms with Crippen LogP contribution in [0.25, 0.3) is 0 Å². The smallest absolute Gasteiger partial charge is 0.336 e. The summed E-state index contributed by atoms with van der Waals surface area (Å²) in [4.78, 5) is 41.2. The number of nitrogens with zero attached hydrogens (tertiary/aromatic N) is 2. The number of carbonyl (C=O) groups is 2. The van der Waals surface area contributed by atoms with Crippen molar-refractivity contribution >= 4 is 23.3 Å². The highest BCUT2D eigenvalue weighted by Gasteiger charge is 2.42. The van der Waals surface area contributed by atoms with Gasteiger partial charge in [-0.2, -0.15) is 0 Å². The van der Waals surface area contributed by atoms with Gasteiger partial charge in [-0.25, -0.2) is 4.79 Å². The van der Waals surface area contributed by atoms with Crippen LogP contribution in [0, 0.1) is 16.0 Å². The lowest BCUT2D eigenvalue weighted by Gasteiger charge is -2.31. The van der Waals surface area contributed by atoms with Gasteiger partial charge in [-0.1, -0.05) is 24.3 Å². The Morgan fingerprint density at radius 2 is 1.76 bits per heavy atom. The molecule has 0 aromatic heterocycles. The molecule has 10 nitrogen and oxygen atoms in total. The zero-order valence-corrected chi connectivity index (χ0v) is 21.3. The summed E-state index contributed by atoms with van der Waals surface area (Å²) in [7, 11) is 2.89. The first-order valence-electron chi connectivity index (χ1n) is 11.7. The number of nitro benzene ring substituents is 1. The molecular weight excluding hydrogens is 480 g/mol. The number of rotatable bonds is 11. The standard InChI is InChI=1S/C27H30N2O8/c1-17-23(26(30)35-4)25(20-6-5-7-21(16-20)29(32)33)24(18(2)28-17)27(31)37-15-14-36-22-10-8-19(9-11-22)12-13-34-3/h5-11,16,23,25H,12-15H2,1-4H3. The molecule has 2 aromatic rings. The highest BCUT2D eigenvalue weighted by atomic mass is 16.6. The molecule has 0 fully saturated rings. The summed E-state index contributed by atoms with van der Waals surface area (Å²) in [6, 6.07) is 13.4. The van der Waals surface area contributed by atoms with Gasteiger partial charge in [-0.15, -0.1) is 0 Å². The Labute approximate surface area is 215 Å². The van der Waals surface area contributed by atoms with E-state index in [1.54, 1.807) is 27.0 Å². The van der Waals surface area contributed by atoms with Crippen LogP contribution in [0.5, 0.6) is 5.75 Å². The van der Waals surface area contributed by atoms with Crippen molar-refractivity contribution in [3.8, 4) is 5.75 Å². The molecule has 0 saturated heterocycles. The zero-order chi connectivity index (χ0) is 26.9. The van der Waals surface area contributed by atoms with Crippen LogP contribution < -0.4 is 4.74 Å². The van der Waals surface area contributed by atoms with Crippen molar-refractivity contribution < 1.29 is 33.5 Å². The Morgan fingerprint density at radius 1 is 1.03 bits per heavy atom. The van der Waals surface area contributed by atoms with E-state index in [0.717, 1.165) is 12.0 Å². The second-order valence-electron chi connectivity index (χ2n) is 8.45. The molecule has 37 heavy (non-hydrogen) atoms. The first kappa shape index (κ1) is 27.5. The first-order valence-corrected chi connectivity index (χ1v) is 11.7. The molecular formula is C27H30N2O8. The summed E-state index contributed by atoms with van der Waals surface area (Å²) in [5.74, 6) is -2.46. The maximum Gasteiger partial charge on any atom is 0.336 e. The fourth-order valence-corrected chi connectivity index (χ4v) is 4.27. The molecule has 3 rings (SSSR count). The van der Waals surface area contributed by atoms with Crippen molar-refractivity contribution in [2.75, 3.05) is 34.0 Å². The van der Waals surface area contributed by atoms with Crippen LogP contribution in [0.3, 0.4) is 0 Å². The summed E-state index contributed by atoms with van der Waals surface area (Å²) in [6.07, 6.45) is 0.795. The molecule has 1 heterocycles. The number of allylic oxidation sites excluding steroid dienone is 1. The van der Waals surface area contributed by atoms with Gasteiger partial charge in [0.2, 0.25) is 0 Å². The van der Waals surface area contributed by atoms with Crippen LogP contribution in [-0.4, -0.2) is 56.6 Å². The van der Waals surface area contributed by atoms with E-state index >= 15 is 0 Å². The monoisotopic (exact) mass is 510 g/mol. The highest BCUT2D eigenvalue weighted by molar-refractivity contribution is 6.07. The SMILES string of the molecule is COCCc1ccc(OCCOC(=O)C2=C(C)N=C(C)C(C(=O)OC)C2c2cccc([N+](=O)[O-])c2)cc1. The van der Waals surface area contributed by atoms with E-state index < -0.39 is 28.7 Å². The lowest BCUT2D eigenvalue weighted by Crippen LogP contribution is -2.36. The van der Waals surface area contributed by atoms with Crippen LogP contribution >= 0.6 is 0 Å². The third-order valence-electron chi connectivity index (χ3n) is 6.05. The van der Waals surface area contributed by atoms with E-state index in [4.69, 9.17) is 18.9 Å². The molecule has 2 unspecified atom stereocenters. The lowest BCUT2D eigenvalue weighted by molar-refractivity contribution is -0.384. The average Bonchev–Trinajstić information content (AvgIpc) is 2.89. The number of aliphatic imine (C=N–C) groups is 1. The number of carbonyl (C=O) groups excluding carboxylic acids is 2. The fourth-order valence-electron chi connectivity index (χ4n) is 4.27. The van der Waals surface area contributed by atoms with Crippen LogP contribution in [0.15, 0.2) is 64.8 Å². The summed E-state index contributed by atoms with van der Waals surface area (Å²) in [5.41, 5.74) is 2.32. The molecule has 0 N–H and O–H groups in total. The normalized spacial score (nSPS) is 17.1. The topological polar surface area (TPSA) is 127 Å². The van der Waals surface area contributed by atoms with Crippen molar-refractivity contribution in [2.24, 2.45) is 10.9 Å². The van der Waals surface area contributed by atoms with E-state index in [0.29, 0.717) is 29.3 Å². The summed E-state index contributed by atoms with van der Waals surface area (Å²) < 4.78 is 21.2. The van der Waals surface area contributed by atoms with Gasteiger partial charge >= 0.3 is 11.9 Å². The highest BCUT2D eigenvalue weighted by Crippen LogP contribution is 2.40. The Bertz CT molecular complexity index is 1200. The van der Waals surface area contributed by atoms with Gasteiger partial charge in [0.15, 0.2) is 0 Å². The Hall–Kier alpha value is -4.05. The van der Waals surface area contributed by atoms with Gasteiger partial charge < -0.3 is 18.9 Å². The lowest BCUT2D eigenvalue weighted by atomic mass is 9.75. The number of methoxy groups -OCH3 is 2. The summed E-state index contributed by atoms with van der Waals surface area (Å²) in [5, 5.41) is 11.4. The van der Waals surface area contributed by atoms with Crippen molar-refractivity contribution in [1.29, 1.82) is 0 Å². The molecule has 196 valence electrons. The van der Waals surface area contributed by atoms with Gasteiger partial charge in [0.1, 0.15) is 24.9 Å². The Morgan fingerprint density at radius 3 is 2.41 bits per heavy atom. The average molecular weight is 511 g/mol. The first-order chi connectivity index (χ1) is 17.8. The minimum Gasteiger partial charge on any atom is -0.490 e. The quantitative estimate of drug-likeness (QED) is 0.192. The number of hydrogen-bond donors (Lipinski definition) is 0. The van der Waals surface area contributed by atoms with Gasteiger partial charge in [-0.05, 0) is 43.5 Å². The molecule has 0 radical (unpaired) electrons. The van der Waals surface area contributed by atoms with Crippen molar-refractivity contribution in [3.05, 3.63) is 81.0 Å². The molecule has 0 aliphatic carbocycles. The second-order valence-corrected chi connectivity index (χ2v) is 8.45. The molecule has 0 spiro atoms. The number of hydrogen-bond acceptors (Lipinski definition) is 9. The predicted molar refractivity (Wildman–Crippen MR) is 136 cm³/mol. The minimum absolute atomic E-state index is 0.0473. The molecule has 0 saturated carbocycles. The number of esters is 2. The van der Waals surface area contributed by atoms with Crippen LogP contribution in [0.1, 0.15) is 30.9 Å². The van der Waals surface area contributed by atoms with Crippen LogP contribution in [0.4, 0.5) is 5.69 Å². The maximum atomic E-state index is 13.2. The molecule has 0 amide bonds. The number of non-ortho nitro benzene ring substituents is 1. The van der Waals surface area contributed by atoms with Crippen molar-refractivity contribution in [3.63, 3.8) is 0 Å². The number of benzene rings is 2. The van der Waals surface area contributed by atoms with Gasteiger partial charge in [0.05, 0.1) is 24.2 Å². The molecule has 10 heteroatoms. The Balaban J connectivity index is 1.77. The Kier molecular flexibility index (Phi) is 9.51. The molecule has 2 atom stereocenters. The van der Waals surface area contributed by atoms with Crippen molar-refractivity contribution in [1.82, 2.24) is 0 Å². The van der Waals surface area contributed by atoms with Crippen LogP contribution in [-0.2, 0) is 30.2 Å². The van der Waals surface area contributed by atoms with Gasteiger partial charge in [0.25, 0.3) is 5.69 Å².